The quantitative estimate of drug-likeness (QED) is 0.232. The Morgan fingerprint density at radius 3 is 2.50 bits per heavy atom. The summed E-state index contributed by atoms with van der Waals surface area (Å²) in [5.74, 6) is 1.67. The fourth-order valence-corrected chi connectivity index (χ4v) is 5.74. The van der Waals surface area contributed by atoms with E-state index in [9.17, 15) is 9.90 Å². The van der Waals surface area contributed by atoms with Crippen LogP contribution in [0.3, 0.4) is 0 Å². The van der Waals surface area contributed by atoms with E-state index in [-0.39, 0.29) is 17.6 Å². The van der Waals surface area contributed by atoms with Crippen molar-refractivity contribution < 1.29 is 24.1 Å². The minimum absolute atomic E-state index is 0.164. The molecule has 4 aromatic rings. The van der Waals surface area contributed by atoms with E-state index >= 15 is 0 Å². The Morgan fingerprint density at radius 2 is 1.82 bits per heavy atom. The van der Waals surface area contributed by atoms with Crippen molar-refractivity contribution in [2.45, 2.75) is 12.3 Å². The number of halogens is 1. The summed E-state index contributed by atoms with van der Waals surface area (Å²) in [7, 11) is 4.66. The van der Waals surface area contributed by atoms with Crippen molar-refractivity contribution in [3.8, 4) is 23.0 Å². The lowest BCUT2D eigenvalue weighted by Gasteiger charge is -2.17. The van der Waals surface area contributed by atoms with E-state index in [4.69, 9.17) is 14.2 Å². The molecule has 34 heavy (non-hydrogen) atoms. The molecule has 1 aromatic heterocycles. The highest BCUT2D eigenvalue weighted by molar-refractivity contribution is 14.1. The Hall–Kier alpha value is -3.14. The number of carbonyl (C=O) groups excluding carboxylic acids is 1. The number of alkyl halides is 1. The zero-order valence-electron chi connectivity index (χ0n) is 19.1. The number of amides is 1. The van der Waals surface area contributed by atoms with Gasteiger partial charge in [0.15, 0.2) is 11.5 Å². The average molecular weight is 572 g/mol. The van der Waals surface area contributed by atoms with E-state index in [2.05, 4.69) is 27.6 Å². The zero-order chi connectivity index (χ0) is 24.0. The molecule has 176 valence electrons. The number of nitrogens with zero attached hydrogens (tertiary/aromatic N) is 1. The maximum atomic E-state index is 13.8. The molecule has 1 aliphatic heterocycles. The number of carbonyl (C=O) groups is 1. The summed E-state index contributed by atoms with van der Waals surface area (Å²) in [5, 5.41) is 13.3. The van der Waals surface area contributed by atoms with Gasteiger partial charge in [-0.25, -0.2) is 0 Å². The molecule has 1 amide bonds. The van der Waals surface area contributed by atoms with E-state index in [1.165, 1.54) is 0 Å². The molecule has 3 aromatic carbocycles. The van der Waals surface area contributed by atoms with Gasteiger partial charge < -0.3 is 29.2 Å². The van der Waals surface area contributed by atoms with Crippen LogP contribution in [0, 0.1) is 0 Å². The first-order valence-electron chi connectivity index (χ1n) is 11.0. The number of nitrogens with one attached hydrogen (secondary N) is 1. The SMILES string of the molecule is COc1cc2cc(C(=O)N3CC(CCI)c4c3cc(O)c3ccccc43)[nH]c2c(OC)c1OC. The Bertz CT molecular complexity index is 1410. The van der Waals surface area contributed by atoms with Crippen LogP contribution in [0.15, 0.2) is 42.5 Å². The first-order valence-corrected chi connectivity index (χ1v) is 12.5. The van der Waals surface area contributed by atoms with Crippen LogP contribution in [0.1, 0.15) is 28.4 Å². The van der Waals surface area contributed by atoms with Gasteiger partial charge in [-0.3, -0.25) is 4.79 Å². The number of aromatic hydroxyl groups is 1. The van der Waals surface area contributed by atoms with Crippen molar-refractivity contribution in [1.82, 2.24) is 4.98 Å². The van der Waals surface area contributed by atoms with Gasteiger partial charge >= 0.3 is 0 Å². The van der Waals surface area contributed by atoms with Crippen LogP contribution < -0.4 is 19.1 Å². The van der Waals surface area contributed by atoms with Gasteiger partial charge in [0.1, 0.15) is 11.4 Å². The number of H-pyrrole nitrogens is 1. The average Bonchev–Trinajstić information content (AvgIpc) is 3.44. The standard InChI is InChI=1S/C26H25IN2O5/c1-32-21-11-15-10-18(28-23(15)25(34-3)24(21)33-2)26(31)29-13-14(8-9-27)22-17-7-5-4-6-16(17)20(30)12-19(22)29/h4-7,10-12,14,28,30H,8-9,13H2,1-3H3. The molecule has 1 unspecified atom stereocenters. The highest BCUT2D eigenvalue weighted by atomic mass is 127. The lowest BCUT2D eigenvalue weighted by atomic mass is 9.93. The first kappa shape index (κ1) is 22.6. The maximum absolute atomic E-state index is 13.8. The molecule has 7 nitrogen and oxygen atoms in total. The molecule has 0 saturated carbocycles. The van der Waals surface area contributed by atoms with E-state index in [1.54, 1.807) is 38.4 Å². The third kappa shape index (κ3) is 3.43. The Kier molecular flexibility index (Phi) is 5.93. The fraction of sp³-hybridized carbons (Fsp3) is 0.269. The molecule has 8 heteroatoms. The molecule has 5 rings (SSSR count). The summed E-state index contributed by atoms with van der Waals surface area (Å²) >= 11 is 2.38. The van der Waals surface area contributed by atoms with E-state index < -0.39 is 0 Å². The fourth-order valence-electron chi connectivity index (χ4n) is 4.99. The van der Waals surface area contributed by atoms with Crippen molar-refractivity contribution in [3.05, 3.63) is 53.7 Å². The van der Waals surface area contributed by atoms with Crippen LogP contribution in [0.4, 0.5) is 5.69 Å². The van der Waals surface area contributed by atoms with Gasteiger partial charge in [-0.15, -0.1) is 0 Å². The van der Waals surface area contributed by atoms with E-state index in [0.29, 0.717) is 35.0 Å². The number of phenols is 1. The Morgan fingerprint density at radius 1 is 1.09 bits per heavy atom. The number of hydrogen-bond donors (Lipinski definition) is 2. The number of rotatable bonds is 6. The van der Waals surface area contributed by atoms with Crippen molar-refractivity contribution in [2.75, 3.05) is 37.2 Å². The normalized spacial score (nSPS) is 15.1. The molecule has 2 N–H and O–H groups in total. The van der Waals surface area contributed by atoms with Crippen LogP contribution in [0.5, 0.6) is 23.0 Å². The largest absolute Gasteiger partial charge is 0.507 e. The molecule has 0 aliphatic carbocycles. The van der Waals surface area contributed by atoms with Gasteiger partial charge in [0.2, 0.25) is 5.75 Å². The number of aromatic nitrogens is 1. The lowest BCUT2D eigenvalue weighted by Crippen LogP contribution is -2.30. The van der Waals surface area contributed by atoms with Gasteiger partial charge in [-0.05, 0) is 29.5 Å². The van der Waals surface area contributed by atoms with Crippen molar-refractivity contribution in [3.63, 3.8) is 0 Å². The summed E-state index contributed by atoms with van der Waals surface area (Å²) < 4.78 is 17.5. The molecular weight excluding hydrogens is 547 g/mol. The summed E-state index contributed by atoms with van der Waals surface area (Å²) in [6.07, 6.45) is 0.945. The number of aromatic amines is 1. The minimum atomic E-state index is -0.164. The van der Waals surface area contributed by atoms with Gasteiger partial charge in [0.25, 0.3) is 5.91 Å². The summed E-state index contributed by atoms with van der Waals surface area (Å²) in [4.78, 5) is 18.8. The van der Waals surface area contributed by atoms with Crippen molar-refractivity contribution in [2.24, 2.45) is 0 Å². The highest BCUT2D eigenvalue weighted by Crippen LogP contribution is 2.47. The molecule has 0 bridgehead atoms. The summed E-state index contributed by atoms with van der Waals surface area (Å²) in [6, 6.07) is 13.2. The van der Waals surface area contributed by atoms with Crippen LogP contribution in [-0.2, 0) is 0 Å². The van der Waals surface area contributed by atoms with Crippen molar-refractivity contribution >= 4 is 55.9 Å². The van der Waals surface area contributed by atoms with Crippen LogP contribution >= 0.6 is 22.6 Å². The summed E-state index contributed by atoms with van der Waals surface area (Å²) in [6.45, 7) is 0.559. The molecule has 0 fully saturated rings. The Labute approximate surface area is 210 Å². The monoisotopic (exact) mass is 572 g/mol. The highest BCUT2D eigenvalue weighted by Gasteiger charge is 2.35. The number of methoxy groups -OCH3 is 3. The first-order chi connectivity index (χ1) is 16.5. The number of anilines is 1. The molecule has 0 saturated heterocycles. The van der Waals surface area contributed by atoms with Crippen LogP contribution in [0.25, 0.3) is 21.7 Å². The van der Waals surface area contributed by atoms with Gasteiger partial charge in [-0.2, -0.15) is 0 Å². The zero-order valence-corrected chi connectivity index (χ0v) is 21.3. The second kappa shape index (κ2) is 8.90. The smallest absolute Gasteiger partial charge is 0.274 e. The van der Waals surface area contributed by atoms with Crippen molar-refractivity contribution in [1.29, 1.82) is 0 Å². The Balaban J connectivity index is 1.64. The number of phenolic OH excluding ortho intramolecular Hbond substituents is 1. The van der Waals surface area contributed by atoms with E-state index in [1.807, 2.05) is 30.3 Å². The molecule has 1 aliphatic rings. The van der Waals surface area contributed by atoms with Gasteiger partial charge in [-0.1, -0.05) is 46.9 Å². The number of fused-ring (bicyclic) bond motifs is 4. The van der Waals surface area contributed by atoms with Gasteiger partial charge in [0.05, 0.1) is 32.5 Å². The predicted octanol–water partition coefficient (Wildman–Crippen LogP) is 5.62. The number of hydrogen-bond acceptors (Lipinski definition) is 5. The van der Waals surface area contributed by atoms with Crippen LogP contribution in [-0.4, -0.2) is 48.3 Å². The second-order valence-electron chi connectivity index (χ2n) is 8.26. The second-order valence-corrected chi connectivity index (χ2v) is 9.34. The molecular formula is C26H25IN2O5. The predicted molar refractivity (Wildman–Crippen MR) is 141 cm³/mol. The molecule has 0 radical (unpaired) electrons. The third-order valence-corrected chi connectivity index (χ3v) is 7.12. The molecule has 2 heterocycles. The maximum Gasteiger partial charge on any atom is 0.274 e. The number of ether oxygens (including phenoxy) is 3. The van der Waals surface area contributed by atoms with Gasteiger partial charge in [0, 0.05) is 33.7 Å². The topological polar surface area (TPSA) is 84.0 Å². The third-order valence-electron chi connectivity index (χ3n) is 6.50. The lowest BCUT2D eigenvalue weighted by molar-refractivity contribution is 0.0984. The molecule has 0 spiro atoms. The number of benzene rings is 3. The van der Waals surface area contributed by atoms with E-state index in [0.717, 1.165) is 38.3 Å². The van der Waals surface area contributed by atoms with Crippen LogP contribution in [0.2, 0.25) is 0 Å². The minimum Gasteiger partial charge on any atom is -0.507 e. The molecule has 1 atom stereocenters. The summed E-state index contributed by atoms with van der Waals surface area (Å²) in [5.41, 5.74) is 2.97.